The van der Waals surface area contributed by atoms with Crippen LogP contribution in [0.2, 0.25) is 0 Å². The lowest BCUT2D eigenvalue weighted by atomic mass is 10.1. The standard InChI is InChI=1S/C28H37N3O7/c1-28(2,3)38-27(33)30-14-7-15-35-16-17-36-18-19-37-24-20-21(11-13-23(24)26(32)34-5)10-12-22-8-6-9-25(29-4)31-22/h6,8-9,11,13,20H,7,14-19H2,1-5H3,(H,29,31)(H,30,33). The molecule has 0 aliphatic rings. The topological polar surface area (TPSA) is 117 Å². The maximum atomic E-state index is 12.1. The third-order valence-electron chi connectivity index (χ3n) is 4.72. The molecule has 0 saturated heterocycles. The van der Waals surface area contributed by atoms with Crippen LogP contribution in [0, 0.1) is 11.8 Å². The summed E-state index contributed by atoms with van der Waals surface area (Å²) in [7, 11) is 3.11. The first kappa shape index (κ1) is 30.4. The van der Waals surface area contributed by atoms with Crippen LogP contribution in [0.4, 0.5) is 10.6 Å². The number of carbonyl (C=O) groups excluding carboxylic acids is 2. The highest BCUT2D eigenvalue weighted by Gasteiger charge is 2.15. The lowest BCUT2D eigenvalue weighted by Crippen LogP contribution is -2.33. The summed E-state index contributed by atoms with van der Waals surface area (Å²) in [6.07, 6.45) is 0.222. The highest BCUT2D eigenvalue weighted by molar-refractivity contribution is 5.92. The van der Waals surface area contributed by atoms with Gasteiger partial charge in [0.15, 0.2) is 0 Å². The molecule has 0 fully saturated rings. The maximum Gasteiger partial charge on any atom is 0.407 e. The summed E-state index contributed by atoms with van der Waals surface area (Å²) in [5.74, 6) is 6.63. The Morgan fingerprint density at radius 3 is 2.42 bits per heavy atom. The molecule has 206 valence electrons. The molecule has 10 nitrogen and oxygen atoms in total. The second-order valence-electron chi connectivity index (χ2n) is 8.97. The molecule has 1 aromatic heterocycles. The molecular formula is C28H37N3O7. The van der Waals surface area contributed by atoms with E-state index in [4.69, 9.17) is 23.7 Å². The second-order valence-corrected chi connectivity index (χ2v) is 8.97. The van der Waals surface area contributed by atoms with Crippen LogP contribution in [0.1, 0.15) is 48.8 Å². The monoisotopic (exact) mass is 527 g/mol. The van der Waals surface area contributed by atoms with Crippen molar-refractivity contribution in [2.24, 2.45) is 0 Å². The molecular weight excluding hydrogens is 490 g/mol. The van der Waals surface area contributed by atoms with Gasteiger partial charge in [-0.2, -0.15) is 0 Å². The number of pyridine rings is 1. The van der Waals surface area contributed by atoms with Gasteiger partial charge >= 0.3 is 12.1 Å². The number of alkyl carbamates (subject to hydrolysis) is 1. The summed E-state index contributed by atoms with van der Waals surface area (Å²) in [4.78, 5) is 28.1. The van der Waals surface area contributed by atoms with Crippen molar-refractivity contribution in [3.63, 3.8) is 0 Å². The summed E-state index contributed by atoms with van der Waals surface area (Å²) in [6, 6.07) is 10.6. The number of anilines is 1. The van der Waals surface area contributed by atoms with E-state index in [-0.39, 0.29) is 6.61 Å². The minimum absolute atomic E-state index is 0.229. The third kappa shape index (κ3) is 12.0. The molecule has 1 aromatic carbocycles. The van der Waals surface area contributed by atoms with Crippen LogP contribution in [0.3, 0.4) is 0 Å². The van der Waals surface area contributed by atoms with Gasteiger partial charge in [0, 0.05) is 25.8 Å². The van der Waals surface area contributed by atoms with Crippen molar-refractivity contribution in [3.8, 4) is 17.6 Å². The van der Waals surface area contributed by atoms with Crippen molar-refractivity contribution in [1.82, 2.24) is 10.3 Å². The maximum absolute atomic E-state index is 12.1. The first-order valence-electron chi connectivity index (χ1n) is 12.4. The molecule has 38 heavy (non-hydrogen) atoms. The zero-order valence-corrected chi connectivity index (χ0v) is 22.7. The summed E-state index contributed by atoms with van der Waals surface area (Å²) in [5.41, 5.74) is 1.07. The average Bonchev–Trinajstić information content (AvgIpc) is 2.89. The summed E-state index contributed by atoms with van der Waals surface area (Å²) in [6.45, 7) is 7.73. The number of hydrogen-bond acceptors (Lipinski definition) is 9. The summed E-state index contributed by atoms with van der Waals surface area (Å²) in [5, 5.41) is 5.65. The molecule has 0 saturated carbocycles. The van der Waals surface area contributed by atoms with E-state index in [0.717, 1.165) is 5.82 Å². The quantitative estimate of drug-likeness (QED) is 0.229. The fraction of sp³-hybridized carbons (Fsp3) is 0.464. The smallest absolute Gasteiger partial charge is 0.407 e. The van der Waals surface area contributed by atoms with Crippen molar-refractivity contribution < 1.29 is 33.3 Å². The Hall–Kier alpha value is -3.81. The Balaban J connectivity index is 1.73. The molecule has 2 aromatic rings. The van der Waals surface area contributed by atoms with Crippen molar-refractivity contribution in [2.45, 2.75) is 32.8 Å². The zero-order valence-electron chi connectivity index (χ0n) is 22.7. The molecule has 10 heteroatoms. The molecule has 2 N–H and O–H groups in total. The van der Waals surface area contributed by atoms with Crippen LogP contribution in [0.25, 0.3) is 0 Å². The lowest BCUT2D eigenvalue weighted by Gasteiger charge is -2.19. The van der Waals surface area contributed by atoms with Crippen molar-refractivity contribution in [2.75, 3.05) is 59.1 Å². The van der Waals surface area contributed by atoms with Gasteiger partial charge in [-0.25, -0.2) is 14.6 Å². The lowest BCUT2D eigenvalue weighted by molar-refractivity contribution is 0.0342. The fourth-order valence-corrected chi connectivity index (χ4v) is 2.99. The number of benzene rings is 1. The zero-order chi connectivity index (χ0) is 27.8. The fourth-order valence-electron chi connectivity index (χ4n) is 2.99. The summed E-state index contributed by atoms with van der Waals surface area (Å²) >= 11 is 0. The highest BCUT2D eigenvalue weighted by Crippen LogP contribution is 2.21. The molecule has 0 aliphatic heterocycles. The molecule has 0 bridgehead atoms. The third-order valence-corrected chi connectivity index (χ3v) is 4.72. The van der Waals surface area contributed by atoms with E-state index < -0.39 is 17.7 Å². The molecule has 1 amide bonds. The van der Waals surface area contributed by atoms with E-state index in [0.29, 0.717) is 62.0 Å². The van der Waals surface area contributed by atoms with Gasteiger partial charge in [0.2, 0.25) is 0 Å². The number of methoxy groups -OCH3 is 1. The minimum Gasteiger partial charge on any atom is -0.490 e. The number of amides is 1. The van der Waals surface area contributed by atoms with Gasteiger partial charge in [-0.05, 0) is 63.4 Å². The predicted octanol–water partition coefficient (Wildman–Crippen LogP) is 3.64. The van der Waals surface area contributed by atoms with E-state index in [1.165, 1.54) is 7.11 Å². The Kier molecular flexibility index (Phi) is 12.9. The highest BCUT2D eigenvalue weighted by atomic mass is 16.6. The van der Waals surface area contributed by atoms with E-state index in [2.05, 4.69) is 27.5 Å². The molecule has 2 rings (SSSR count). The van der Waals surface area contributed by atoms with E-state index in [1.54, 1.807) is 25.2 Å². The first-order chi connectivity index (χ1) is 18.2. The number of esters is 1. The van der Waals surface area contributed by atoms with Gasteiger partial charge in [-0.3, -0.25) is 0 Å². The van der Waals surface area contributed by atoms with E-state index >= 15 is 0 Å². The Labute approximate surface area is 224 Å². The molecule has 0 radical (unpaired) electrons. The minimum atomic E-state index is -0.517. The van der Waals surface area contributed by atoms with Crippen molar-refractivity contribution in [1.29, 1.82) is 0 Å². The Bertz CT molecular complexity index is 1100. The number of nitrogens with one attached hydrogen (secondary N) is 2. The Morgan fingerprint density at radius 1 is 0.974 bits per heavy atom. The number of aromatic nitrogens is 1. The van der Waals surface area contributed by atoms with Crippen LogP contribution in [-0.4, -0.2) is 76.4 Å². The molecule has 0 unspecified atom stereocenters. The molecule has 0 atom stereocenters. The number of ether oxygens (including phenoxy) is 5. The predicted molar refractivity (Wildman–Crippen MR) is 144 cm³/mol. The first-order valence-corrected chi connectivity index (χ1v) is 12.4. The van der Waals surface area contributed by atoms with Gasteiger partial charge in [0.1, 0.15) is 35.0 Å². The molecule has 1 heterocycles. The molecule has 0 aliphatic carbocycles. The second kappa shape index (κ2) is 16.1. The SMILES string of the molecule is CNc1cccc(C#Cc2ccc(C(=O)OC)c(OCCOCCOCCCNC(=O)OC(C)(C)C)c2)n1. The normalized spacial score (nSPS) is 10.7. The van der Waals surface area contributed by atoms with Crippen LogP contribution < -0.4 is 15.4 Å². The Morgan fingerprint density at radius 2 is 1.71 bits per heavy atom. The summed E-state index contributed by atoms with van der Waals surface area (Å²) < 4.78 is 26.9. The van der Waals surface area contributed by atoms with Gasteiger partial charge < -0.3 is 34.3 Å². The van der Waals surface area contributed by atoms with E-state index in [1.807, 2.05) is 39.0 Å². The van der Waals surface area contributed by atoms with Crippen LogP contribution in [0.5, 0.6) is 5.75 Å². The van der Waals surface area contributed by atoms with Crippen LogP contribution in [-0.2, 0) is 18.9 Å². The number of nitrogens with zero attached hydrogens (tertiary/aromatic N) is 1. The van der Waals surface area contributed by atoms with E-state index in [9.17, 15) is 9.59 Å². The largest absolute Gasteiger partial charge is 0.490 e. The van der Waals surface area contributed by atoms with Gasteiger partial charge in [0.25, 0.3) is 0 Å². The molecule has 0 spiro atoms. The van der Waals surface area contributed by atoms with Gasteiger partial charge in [0.05, 0.1) is 26.9 Å². The van der Waals surface area contributed by atoms with Gasteiger partial charge in [-0.15, -0.1) is 0 Å². The average molecular weight is 528 g/mol. The van der Waals surface area contributed by atoms with Crippen LogP contribution >= 0.6 is 0 Å². The number of rotatable bonds is 13. The van der Waals surface area contributed by atoms with Gasteiger partial charge in [-0.1, -0.05) is 12.0 Å². The van der Waals surface area contributed by atoms with Crippen molar-refractivity contribution >= 4 is 17.9 Å². The van der Waals surface area contributed by atoms with Crippen LogP contribution in [0.15, 0.2) is 36.4 Å². The number of hydrogen-bond donors (Lipinski definition) is 2. The van der Waals surface area contributed by atoms with Crippen molar-refractivity contribution in [3.05, 3.63) is 53.2 Å². The number of carbonyl (C=O) groups is 2.